The quantitative estimate of drug-likeness (QED) is 0.734. The van der Waals surface area contributed by atoms with Gasteiger partial charge in [-0.05, 0) is 36.8 Å². The summed E-state index contributed by atoms with van der Waals surface area (Å²) < 4.78 is 35.7. The smallest absolute Gasteiger partial charge is 0.337 e. The zero-order valence-corrected chi connectivity index (χ0v) is 14.0. The van der Waals surface area contributed by atoms with E-state index in [1.807, 2.05) is 0 Å². The van der Waals surface area contributed by atoms with Gasteiger partial charge in [0, 0.05) is 5.56 Å². The van der Waals surface area contributed by atoms with Crippen molar-refractivity contribution in [1.82, 2.24) is 0 Å². The lowest BCUT2D eigenvalue weighted by atomic mass is 10.1. The van der Waals surface area contributed by atoms with E-state index in [1.165, 1.54) is 19.2 Å². The summed E-state index contributed by atoms with van der Waals surface area (Å²) in [5.41, 5.74) is 1.31. The molecule has 0 radical (unpaired) electrons. The molecule has 0 amide bonds. The minimum absolute atomic E-state index is 0.0419. The van der Waals surface area contributed by atoms with Gasteiger partial charge in [0.05, 0.1) is 23.4 Å². The Morgan fingerprint density at radius 3 is 2.70 bits per heavy atom. The number of carbonyl (C=O) groups excluding carboxylic acids is 1. The normalized spacial score (nSPS) is 14.9. The Morgan fingerprint density at radius 2 is 2.00 bits per heavy atom. The fraction of sp³-hybridized carbons (Fsp3) is 0.188. The summed E-state index contributed by atoms with van der Waals surface area (Å²) >= 11 is 6.10. The van der Waals surface area contributed by atoms with Gasteiger partial charge in [-0.2, -0.15) is 0 Å². The van der Waals surface area contributed by atoms with Crippen molar-refractivity contribution in [3.05, 3.63) is 52.0 Å². The van der Waals surface area contributed by atoms with Crippen molar-refractivity contribution in [3.63, 3.8) is 0 Å². The number of rotatable bonds is 1. The van der Waals surface area contributed by atoms with Crippen LogP contribution < -0.4 is 4.74 Å². The van der Waals surface area contributed by atoms with Crippen LogP contribution in [0.1, 0.15) is 21.5 Å². The summed E-state index contributed by atoms with van der Waals surface area (Å²) in [5.74, 6) is -0.301. The van der Waals surface area contributed by atoms with Gasteiger partial charge >= 0.3 is 5.97 Å². The van der Waals surface area contributed by atoms with E-state index in [9.17, 15) is 13.2 Å². The Kier molecular flexibility index (Phi) is 3.82. The number of fused-ring (bicyclic) bond motifs is 2. The number of methoxy groups -OCH3 is 1. The monoisotopic (exact) mass is 352 g/mol. The zero-order chi connectivity index (χ0) is 16.8. The molecule has 5 nitrogen and oxygen atoms in total. The number of aryl methyl sites for hydroxylation is 1. The summed E-state index contributed by atoms with van der Waals surface area (Å²) in [7, 11) is -2.37. The lowest BCUT2D eigenvalue weighted by molar-refractivity contribution is 0.0600. The van der Waals surface area contributed by atoms with Gasteiger partial charge in [0.25, 0.3) is 0 Å². The molecule has 0 unspecified atom stereocenters. The lowest BCUT2D eigenvalue weighted by Gasteiger charge is -2.13. The predicted octanol–water partition coefficient (Wildman–Crippen LogP) is 3.51. The maximum Gasteiger partial charge on any atom is 0.337 e. The fourth-order valence-electron chi connectivity index (χ4n) is 2.55. The summed E-state index contributed by atoms with van der Waals surface area (Å²) in [5, 5.41) is 0.218. The average Bonchev–Trinajstić information content (AvgIpc) is 2.61. The highest BCUT2D eigenvalue weighted by atomic mass is 35.5. The van der Waals surface area contributed by atoms with E-state index in [0.717, 1.165) is 0 Å². The molecule has 0 saturated carbocycles. The van der Waals surface area contributed by atoms with Crippen molar-refractivity contribution >= 4 is 27.4 Å². The summed E-state index contributed by atoms with van der Waals surface area (Å²) in [6.45, 7) is 1.74. The van der Waals surface area contributed by atoms with Crippen molar-refractivity contribution in [3.8, 4) is 11.5 Å². The van der Waals surface area contributed by atoms with Crippen LogP contribution >= 0.6 is 11.6 Å². The van der Waals surface area contributed by atoms with Crippen molar-refractivity contribution in [2.24, 2.45) is 0 Å². The molecule has 1 heterocycles. The fourth-order valence-corrected chi connectivity index (χ4v) is 4.32. The molecule has 1 aliphatic rings. The van der Waals surface area contributed by atoms with Gasteiger partial charge in [0.1, 0.15) is 10.6 Å². The number of hydrogen-bond acceptors (Lipinski definition) is 5. The molecule has 0 N–H and O–H groups in total. The van der Waals surface area contributed by atoms with Crippen LogP contribution in [0.25, 0.3) is 0 Å². The van der Waals surface area contributed by atoms with E-state index in [4.69, 9.17) is 21.1 Å². The second-order valence-corrected chi connectivity index (χ2v) is 7.57. The van der Waals surface area contributed by atoms with Gasteiger partial charge in [0.2, 0.25) is 0 Å². The molecule has 2 aromatic rings. The first-order chi connectivity index (χ1) is 10.8. The molecular formula is C16H13ClO5S. The standard InChI is InChI=1S/C16H13ClO5S/c1-9-6-10(16(18)21-2)7-11-8-23(19,20)13-5-3-4-12(17)15(13)22-14(9)11/h3-7H,8H2,1-2H3. The van der Waals surface area contributed by atoms with Crippen LogP contribution in [-0.4, -0.2) is 21.5 Å². The van der Waals surface area contributed by atoms with Gasteiger partial charge in [-0.1, -0.05) is 17.7 Å². The number of ether oxygens (including phenoxy) is 2. The van der Waals surface area contributed by atoms with Crippen molar-refractivity contribution in [2.75, 3.05) is 7.11 Å². The van der Waals surface area contributed by atoms with Crippen LogP contribution in [0.4, 0.5) is 0 Å². The highest BCUT2D eigenvalue weighted by molar-refractivity contribution is 7.90. The topological polar surface area (TPSA) is 69.7 Å². The highest BCUT2D eigenvalue weighted by Crippen LogP contribution is 2.43. The molecule has 23 heavy (non-hydrogen) atoms. The Bertz CT molecular complexity index is 918. The number of para-hydroxylation sites is 1. The van der Waals surface area contributed by atoms with Gasteiger partial charge in [0.15, 0.2) is 15.6 Å². The maximum atomic E-state index is 12.6. The van der Waals surface area contributed by atoms with Crippen LogP contribution in [0.2, 0.25) is 5.02 Å². The minimum Gasteiger partial charge on any atom is -0.465 e. The molecule has 0 bridgehead atoms. The molecule has 7 heteroatoms. The third kappa shape index (κ3) is 2.68. The largest absolute Gasteiger partial charge is 0.465 e. The van der Waals surface area contributed by atoms with Crippen molar-refractivity contribution in [1.29, 1.82) is 0 Å². The van der Waals surface area contributed by atoms with Crippen molar-refractivity contribution < 1.29 is 22.7 Å². The first-order valence-electron chi connectivity index (χ1n) is 6.74. The number of esters is 1. The Hall–Kier alpha value is -2.05. The minimum atomic E-state index is -3.64. The molecule has 0 spiro atoms. The van der Waals surface area contributed by atoms with E-state index in [0.29, 0.717) is 16.9 Å². The van der Waals surface area contributed by atoms with Crippen LogP contribution in [0.5, 0.6) is 11.5 Å². The zero-order valence-electron chi connectivity index (χ0n) is 12.4. The highest BCUT2D eigenvalue weighted by Gasteiger charge is 2.30. The van der Waals surface area contributed by atoms with Crippen LogP contribution in [0, 0.1) is 6.92 Å². The SMILES string of the molecule is COC(=O)c1cc(C)c2c(c1)CS(=O)(=O)c1cccc(Cl)c1O2. The van der Waals surface area contributed by atoms with E-state index >= 15 is 0 Å². The van der Waals surface area contributed by atoms with Crippen LogP contribution in [0.15, 0.2) is 35.2 Å². The second kappa shape index (κ2) is 5.54. The van der Waals surface area contributed by atoms with Gasteiger partial charge in [-0.3, -0.25) is 0 Å². The number of sulfone groups is 1. The van der Waals surface area contributed by atoms with E-state index < -0.39 is 15.8 Å². The molecular weight excluding hydrogens is 340 g/mol. The van der Waals surface area contributed by atoms with E-state index in [1.54, 1.807) is 25.1 Å². The predicted molar refractivity (Wildman–Crippen MR) is 84.9 cm³/mol. The third-order valence-corrected chi connectivity index (χ3v) is 5.57. The Labute approximate surface area is 138 Å². The van der Waals surface area contributed by atoms with Crippen LogP contribution in [0.3, 0.4) is 0 Å². The molecule has 0 fully saturated rings. The molecule has 0 saturated heterocycles. The second-order valence-electron chi connectivity index (χ2n) is 5.20. The molecule has 0 atom stereocenters. The van der Waals surface area contributed by atoms with Gasteiger partial charge < -0.3 is 9.47 Å². The first kappa shape index (κ1) is 15.8. The Balaban J connectivity index is 2.26. The van der Waals surface area contributed by atoms with E-state index in [2.05, 4.69) is 0 Å². The molecule has 2 aromatic carbocycles. The number of halogens is 1. The summed E-state index contributed by atoms with van der Waals surface area (Å²) in [6.07, 6.45) is 0. The molecule has 1 aliphatic heterocycles. The molecule has 120 valence electrons. The Morgan fingerprint density at radius 1 is 1.26 bits per heavy atom. The average molecular weight is 353 g/mol. The number of hydrogen-bond donors (Lipinski definition) is 0. The number of carbonyl (C=O) groups is 1. The van der Waals surface area contributed by atoms with Gasteiger partial charge in [-0.15, -0.1) is 0 Å². The number of benzene rings is 2. The van der Waals surface area contributed by atoms with Crippen molar-refractivity contribution in [2.45, 2.75) is 17.6 Å². The van der Waals surface area contributed by atoms with Gasteiger partial charge in [-0.25, -0.2) is 13.2 Å². The summed E-state index contributed by atoms with van der Waals surface area (Å²) in [4.78, 5) is 11.8. The van der Waals surface area contributed by atoms with Crippen LogP contribution in [-0.2, 0) is 20.3 Å². The molecule has 3 rings (SSSR count). The van der Waals surface area contributed by atoms with E-state index in [-0.39, 0.29) is 27.0 Å². The first-order valence-corrected chi connectivity index (χ1v) is 8.77. The third-order valence-electron chi connectivity index (χ3n) is 3.59. The molecule has 0 aromatic heterocycles. The summed E-state index contributed by atoms with van der Waals surface area (Å²) in [6, 6.07) is 7.66. The lowest BCUT2D eigenvalue weighted by Crippen LogP contribution is -2.06. The molecule has 0 aliphatic carbocycles. The maximum absolute atomic E-state index is 12.6.